The van der Waals surface area contributed by atoms with E-state index in [1.807, 2.05) is 34.0 Å². The molecule has 3 nitrogen and oxygen atoms in total. The first-order valence-corrected chi connectivity index (χ1v) is 8.61. The van der Waals surface area contributed by atoms with Crippen LogP contribution in [-0.2, 0) is 9.59 Å². The maximum atomic E-state index is 12.4. The summed E-state index contributed by atoms with van der Waals surface area (Å²) in [6.45, 7) is 13.7. The minimum atomic E-state index is -0.383. The van der Waals surface area contributed by atoms with Crippen LogP contribution in [0.5, 0.6) is 0 Å². The van der Waals surface area contributed by atoms with Gasteiger partial charge in [-0.15, -0.1) is 0 Å². The molecule has 2 unspecified atom stereocenters. The fourth-order valence-corrected chi connectivity index (χ4v) is 2.78. The van der Waals surface area contributed by atoms with Crippen LogP contribution < -0.4 is 5.32 Å². The van der Waals surface area contributed by atoms with E-state index in [2.05, 4.69) is 26.1 Å². The van der Waals surface area contributed by atoms with Crippen LogP contribution in [0.4, 0.5) is 0 Å². The van der Waals surface area contributed by atoms with E-state index in [4.69, 9.17) is 0 Å². The monoisotopic (exact) mass is 301 g/mol. The molecule has 0 saturated carbocycles. The van der Waals surface area contributed by atoms with Gasteiger partial charge in [0, 0.05) is 29.0 Å². The lowest BCUT2D eigenvalue weighted by Crippen LogP contribution is -2.49. The first kappa shape index (κ1) is 19.7. The van der Waals surface area contributed by atoms with Crippen molar-refractivity contribution in [2.24, 2.45) is 11.3 Å². The SMILES string of the molecule is CSCC(NC(C)(C)C)C(=O)CC(C)C(=O)C(C)(C)C. The van der Waals surface area contributed by atoms with Crippen LogP contribution in [0.3, 0.4) is 0 Å². The molecule has 0 bridgehead atoms. The molecule has 0 amide bonds. The third-order valence-corrected chi connectivity index (χ3v) is 3.69. The van der Waals surface area contributed by atoms with Gasteiger partial charge in [-0.3, -0.25) is 9.59 Å². The van der Waals surface area contributed by atoms with Crippen LogP contribution in [0.1, 0.15) is 54.9 Å². The molecule has 1 N–H and O–H groups in total. The smallest absolute Gasteiger partial charge is 0.151 e. The van der Waals surface area contributed by atoms with Crippen LogP contribution in [0.15, 0.2) is 0 Å². The first-order valence-electron chi connectivity index (χ1n) is 7.22. The lowest BCUT2D eigenvalue weighted by atomic mass is 9.81. The Bertz CT molecular complexity index is 339. The van der Waals surface area contributed by atoms with Gasteiger partial charge >= 0.3 is 0 Å². The minimum absolute atomic E-state index is 0.104. The molecule has 0 aromatic rings. The molecule has 0 radical (unpaired) electrons. The summed E-state index contributed by atoms with van der Waals surface area (Å²) in [5.41, 5.74) is -0.487. The van der Waals surface area contributed by atoms with Gasteiger partial charge in [-0.1, -0.05) is 27.7 Å². The van der Waals surface area contributed by atoms with Gasteiger partial charge in [0.15, 0.2) is 5.78 Å². The highest BCUT2D eigenvalue weighted by molar-refractivity contribution is 7.98. The minimum Gasteiger partial charge on any atom is -0.302 e. The van der Waals surface area contributed by atoms with E-state index in [1.165, 1.54) is 0 Å². The zero-order valence-electron chi connectivity index (χ0n) is 14.3. The zero-order chi connectivity index (χ0) is 16.1. The molecule has 0 rings (SSSR count). The molecule has 0 fully saturated rings. The largest absolute Gasteiger partial charge is 0.302 e. The normalized spacial score (nSPS) is 15.8. The van der Waals surface area contributed by atoms with Gasteiger partial charge in [0.05, 0.1) is 6.04 Å². The van der Waals surface area contributed by atoms with E-state index < -0.39 is 0 Å². The Morgan fingerprint density at radius 1 is 1.10 bits per heavy atom. The van der Waals surface area contributed by atoms with Crippen molar-refractivity contribution in [1.82, 2.24) is 5.32 Å². The summed E-state index contributed by atoms with van der Waals surface area (Å²) in [4.78, 5) is 24.6. The maximum absolute atomic E-state index is 12.4. The quantitative estimate of drug-likeness (QED) is 0.783. The second-order valence-corrected chi connectivity index (χ2v) is 8.50. The molecule has 0 heterocycles. The highest BCUT2D eigenvalue weighted by Crippen LogP contribution is 2.23. The maximum Gasteiger partial charge on any atom is 0.151 e. The van der Waals surface area contributed by atoms with Gasteiger partial charge in [0.2, 0.25) is 0 Å². The van der Waals surface area contributed by atoms with Crippen LogP contribution in [0.2, 0.25) is 0 Å². The van der Waals surface area contributed by atoms with Gasteiger partial charge < -0.3 is 5.32 Å². The van der Waals surface area contributed by atoms with Gasteiger partial charge in [-0.05, 0) is 27.0 Å². The van der Waals surface area contributed by atoms with Gasteiger partial charge in [-0.2, -0.15) is 11.8 Å². The Balaban J connectivity index is 4.73. The summed E-state index contributed by atoms with van der Waals surface area (Å²) in [5, 5.41) is 3.36. The summed E-state index contributed by atoms with van der Waals surface area (Å²) in [7, 11) is 0. The van der Waals surface area contributed by atoms with E-state index in [9.17, 15) is 9.59 Å². The van der Waals surface area contributed by atoms with Crippen LogP contribution in [0, 0.1) is 11.3 Å². The molecular weight excluding hydrogens is 270 g/mol. The lowest BCUT2D eigenvalue weighted by molar-refractivity contribution is -0.133. The fraction of sp³-hybridized carbons (Fsp3) is 0.875. The number of hydrogen-bond donors (Lipinski definition) is 1. The number of carbonyl (C=O) groups is 2. The van der Waals surface area contributed by atoms with Crippen molar-refractivity contribution in [2.75, 3.05) is 12.0 Å². The standard InChI is InChI=1S/C16H31NO2S/c1-11(14(19)15(2,3)4)9-13(18)12(10-20-8)17-16(5,6)7/h11-12,17H,9-10H2,1-8H3. The number of ketones is 2. The topological polar surface area (TPSA) is 46.2 Å². The second kappa shape index (κ2) is 7.60. The van der Waals surface area contributed by atoms with Crippen LogP contribution >= 0.6 is 11.8 Å². The predicted molar refractivity (Wildman–Crippen MR) is 88.3 cm³/mol. The average molecular weight is 301 g/mol. The zero-order valence-corrected chi connectivity index (χ0v) is 15.1. The van der Waals surface area contributed by atoms with Gasteiger partial charge in [0.25, 0.3) is 0 Å². The number of nitrogens with one attached hydrogen (secondary N) is 1. The van der Waals surface area contributed by atoms with Crippen molar-refractivity contribution < 1.29 is 9.59 Å². The van der Waals surface area contributed by atoms with Crippen molar-refractivity contribution in [3.05, 3.63) is 0 Å². The summed E-state index contributed by atoms with van der Waals surface area (Å²) in [6.07, 6.45) is 2.32. The Morgan fingerprint density at radius 3 is 1.95 bits per heavy atom. The van der Waals surface area contributed by atoms with E-state index in [-0.39, 0.29) is 34.5 Å². The van der Waals surface area contributed by atoms with Gasteiger partial charge in [-0.25, -0.2) is 0 Å². The lowest BCUT2D eigenvalue weighted by Gasteiger charge is -2.28. The Labute approximate surface area is 128 Å². The third kappa shape index (κ3) is 7.44. The number of Topliss-reactive ketones (excluding diaryl/α,β-unsaturated/α-hetero) is 2. The number of rotatable bonds is 7. The molecule has 0 saturated heterocycles. The highest BCUT2D eigenvalue weighted by atomic mass is 32.2. The van der Waals surface area contributed by atoms with E-state index in [0.29, 0.717) is 6.42 Å². The first-order chi connectivity index (χ1) is 8.88. The van der Waals surface area contributed by atoms with Crippen LogP contribution in [0.25, 0.3) is 0 Å². The Hall–Kier alpha value is -0.350. The third-order valence-electron chi connectivity index (χ3n) is 3.02. The molecule has 0 aromatic carbocycles. The highest BCUT2D eigenvalue weighted by Gasteiger charge is 2.31. The average Bonchev–Trinajstić information content (AvgIpc) is 2.24. The molecule has 20 heavy (non-hydrogen) atoms. The van der Waals surface area contributed by atoms with Crippen LogP contribution in [-0.4, -0.2) is 35.2 Å². The summed E-state index contributed by atoms with van der Waals surface area (Å²) >= 11 is 1.65. The Morgan fingerprint density at radius 2 is 1.60 bits per heavy atom. The summed E-state index contributed by atoms with van der Waals surface area (Å²) < 4.78 is 0. The number of carbonyl (C=O) groups excluding carboxylic acids is 2. The molecule has 4 heteroatoms. The van der Waals surface area contributed by atoms with E-state index >= 15 is 0 Å². The Kier molecular flexibility index (Phi) is 7.47. The molecule has 118 valence electrons. The molecular formula is C16H31NO2S. The summed E-state index contributed by atoms with van der Waals surface area (Å²) in [5.74, 6) is 0.824. The summed E-state index contributed by atoms with van der Waals surface area (Å²) in [6, 6.07) is -0.180. The van der Waals surface area contributed by atoms with Gasteiger partial charge in [0.1, 0.15) is 5.78 Å². The molecule has 0 spiro atoms. The number of thioether (sulfide) groups is 1. The second-order valence-electron chi connectivity index (χ2n) is 7.59. The molecule has 0 aliphatic heterocycles. The van der Waals surface area contributed by atoms with Crippen molar-refractivity contribution in [3.63, 3.8) is 0 Å². The van der Waals surface area contributed by atoms with E-state index in [0.717, 1.165) is 5.75 Å². The van der Waals surface area contributed by atoms with Crippen molar-refractivity contribution >= 4 is 23.3 Å². The van der Waals surface area contributed by atoms with E-state index in [1.54, 1.807) is 11.8 Å². The number of hydrogen-bond acceptors (Lipinski definition) is 4. The van der Waals surface area contributed by atoms with Crippen molar-refractivity contribution in [1.29, 1.82) is 0 Å². The van der Waals surface area contributed by atoms with Crippen molar-refractivity contribution in [2.45, 2.75) is 66.5 Å². The molecule has 0 aromatic heterocycles. The molecule has 0 aliphatic carbocycles. The molecule has 2 atom stereocenters. The van der Waals surface area contributed by atoms with Crippen molar-refractivity contribution in [3.8, 4) is 0 Å². The molecule has 0 aliphatic rings. The fourth-order valence-electron chi connectivity index (χ4n) is 2.18. The predicted octanol–water partition coefficient (Wildman–Crippen LogP) is 3.32.